The van der Waals surface area contributed by atoms with Gasteiger partial charge in [0.15, 0.2) is 0 Å². The molecular formula is C21H25N3O2S. The van der Waals surface area contributed by atoms with Crippen LogP contribution in [0.4, 0.5) is 0 Å². The van der Waals surface area contributed by atoms with E-state index in [0.717, 1.165) is 23.1 Å². The Morgan fingerprint density at radius 1 is 1.37 bits per heavy atom. The van der Waals surface area contributed by atoms with Crippen LogP contribution in [0.5, 0.6) is 5.75 Å². The molecule has 6 heteroatoms. The Morgan fingerprint density at radius 2 is 2.19 bits per heavy atom. The number of amides is 1. The second kappa shape index (κ2) is 9.09. The number of nitrogens with one attached hydrogen (secondary N) is 1. The number of hydrogen-bond donors (Lipinski definition) is 1. The molecule has 0 saturated heterocycles. The zero-order chi connectivity index (χ0) is 19.2. The lowest BCUT2D eigenvalue weighted by molar-refractivity contribution is -0.119. The summed E-state index contributed by atoms with van der Waals surface area (Å²) >= 11 is 1.32. The Labute approximate surface area is 164 Å². The van der Waals surface area contributed by atoms with Crippen molar-refractivity contribution >= 4 is 28.6 Å². The quantitative estimate of drug-likeness (QED) is 0.753. The SMILES string of the molecule is CCOc1ccc2nc(SCC(=O)N[C@@H]3CCCC[C@@H]3C)c(C#N)cc2c1. The van der Waals surface area contributed by atoms with E-state index in [1.807, 2.05) is 31.2 Å². The predicted molar refractivity (Wildman–Crippen MR) is 108 cm³/mol. The van der Waals surface area contributed by atoms with E-state index < -0.39 is 0 Å². The van der Waals surface area contributed by atoms with Crippen molar-refractivity contribution in [2.75, 3.05) is 12.4 Å². The summed E-state index contributed by atoms with van der Waals surface area (Å²) in [5.74, 6) is 1.57. The Kier molecular flexibility index (Phi) is 6.57. The van der Waals surface area contributed by atoms with Gasteiger partial charge in [-0.3, -0.25) is 4.79 Å². The van der Waals surface area contributed by atoms with E-state index in [4.69, 9.17) is 4.74 Å². The average Bonchev–Trinajstić information content (AvgIpc) is 2.67. The van der Waals surface area contributed by atoms with Gasteiger partial charge in [-0.25, -0.2) is 4.98 Å². The molecule has 0 radical (unpaired) electrons. The van der Waals surface area contributed by atoms with Crippen molar-refractivity contribution in [3.05, 3.63) is 29.8 Å². The van der Waals surface area contributed by atoms with Crippen LogP contribution in [0, 0.1) is 17.2 Å². The van der Waals surface area contributed by atoms with E-state index in [1.54, 1.807) is 0 Å². The molecule has 2 aromatic rings. The van der Waals surface area contributed by atoms with Crippen LogP contribution in [0.3, 0.4) is 0 Å². The van der Waals surface area contributed by atoms with Crippen molar-refractivity contribution in [3.63, 3.8) is 0 Å². The van der Waals surface area contributed by atoms with Crippen LogP contribution < -0.4 is 10.1 Å². The molecule has 1 fully saturated rings. The van der Waals surface area contributed by atoms with E-state index >= 15 is 0 Å². The number of thioether (sulfide) groups is 1. The van der Waals surface area contributed by atoms with Gasteiger partial charge in [-0.05, 0) is 49.9 Å². The minimum absolute atomic E-state index is 0.0104. The predicted octanol–water partition coefficient (Wildman–Crippen LogP) is 4.29. The Bertz CT molecular complexity index is 862. The van der Waals surface area contributed by atoms with Crippen molar-refractivity contribution < 1.29 is 9.53 Å². The lowest BCUT2D eigenvalue weighted by Gasteiger charge is -2.29. The number of carbonyl (C=O) groups is 1. The molecule has 1 aromatic heterocycles. The first-order chi connectivity index (χ1) is 13.1. The van der Waals surface area contributed by atoms with Gasteiger partial charge in [-0.2, -0.15) is 5.26 Å². The number of nitriles is 1. The van der Waals surface area contributed by atoms with Crippen LogP contribution in [-0.4, -0.2) is 29.3 Å². The number of fused-ring (bicyclic) bond motifs is 1. The highest BCUT2D eigenvalue weighted by Crippen LogP contribution is 2.28. The number of aromatic nitrogens is 1. The second-order valence-electron chi connectivity index (χ2n) is 6.96. The third-order valence-corrected chi connectivity index (χ3v) is 5.97. The van der Waals surface area contributed by atoms with Crippen molar-refractivity contribution in [2.24, 2.45) is 5.92 Å². The fourth-order valence-electron chi connectivity index (χ4n) is 3.50. The molecule has 5 nitrogen and oxygen atoms in total. The van der Waals surface area contributed by atoms with Crippen LogP contribution in [0.1, 0.15) is 45.1 Å². The van der Waals surface area contributed by atoms with Gasteiger partial charge < -0.3 is 10.1 Å². The summed E-state index contributed by atoms with van der Waals surface area (Å²) in [6.45, 7) is 4.72. The summed E-state index contributed by atoms with van der Waals surface area (Å²) in [6.07, 6.45) is 4.65. The summed E-state index contributed by atoms with van der Waals surface area (Å²) in [5.41, 5.74) is 1.28. The van der Waals surface area contributed by atoms with Crippen LogP contribution in [0.25, 0.3) is 10.9 Å². The van der Waals surface area contributed by atoms with E-state index in [-0.39, 0.29) is 17.7 Å². The monoisotopic (exact) mass is 383 g/mol. The van der Waals surface area contributed by atoms with Crippen LogP contribution in [-0.2, 0) is 4.79 Å². The van der Waals surface area contributed by atoms with Gasteiger partial charge in [0, 0.05) is 11.4 Å². The molecule has 1 amide bonds. The number of rotatable bonds is 6. The number of benzene rings is 1. The number of pyridine rings is 1. The van der Waals surface area contributed by atoms with Crippen molar-refractivity contribution in [1.29, 1.82) is 5.26 Å². The molecule has 0 aliphatic heterocycles. The van der Waals surface area contributed by atoms with Crippen molar-refractivity contribution in [2.45, 2.75) is 50.6 Å². The highest BCUT2D eigenvalue weighted by Gasteiger charge is 2.23. The first-order valence-corrected chi connectivity index (χ1v) is 10.5. The molecule has 1 aromatic carbocycles. The maximum absolute atomic E-state index is 12.4. The fourth-order valence-corrected chi connectivity index (χ4v) is 4.27. The third kappa shape index (κ3) is 4.92. The molecule has 2 atom stereocenters. The van der Waals surface area contributed by atoms with Gasteiger partial charge in [-0.1, -0.05) is 31.5 Å². The molecule has 142 valence electrons. The van der Waals surface area contributed by atoms with Gasteiger partial charge in [0.2, 0.25) is 5.91 Å². The average molecular weight is 384 g/mol. The maximum atomic E-state index is 12.4. The molecule has 3 rings (SSSR count). The fraction of sp³-hybridized carbons (Fsp3) is 0.476. The summed E-state index contributed by atoms with van der Waals surface area (Å²) in [4.78, 5) is 16.9. The highest BCUT2D eigenvalue weighted by molar-refractivity contribution is 8.00. The van der Waals surface area contributed by atoms with E-state index in [9.17, 15) is 10.1 Å². The normalized spacial score (nSPS) is 19.4. The van der Waals surface area contributed by atoms with Gasteiger partial charge in [-0.15, -0.1) is 0 Å². The molecule has 0 spiro atoms. The lowest BCUT2D eigenvalue weighted by Crippen LogP contribution is -2.41. The number of hydrogen-bond acceptors (Lipinski definition) is 5. The number of carbonyl (C=O) groups excluding carboxylic acids is 1. The molecule has 1 aliphatic carbocycles. The van der Waals surface area contributed by atoms with Crippen molar-refractivity contribution in [3.8, 4) is 11.8 Å². The summed E-state index contributed by atoms with van der Waals surface area (Å²) in [6, 6.07) is 9.92. The van der Waals surface area contributed by atoms with Crippen LogP contribution in [0.15, 0.2) is 29.3 Å². The second-order valence-corrected chi connectivity index (χ2v) is 7.93. The minimum Gasteiger partial charge on any atom is -0.494 e. The van der Waals surface area contributed by atoms with Crippen LogP contribution >= 0.6 is 11.8 Å². The van der Waals surface area contributed by atoms with Crippen molar-refractivity contribution in [1.82, 2.24) is 10.3 Å². The van der Waals surface area contributed by atoms with E-state index in [1.165, 1.54) is 31.0 Å². The zero-order valence-corrected chi connectivity index (χ0v) is 16.6. The van der Waals surface area contributed by atoms with Gasteiger partial charge >= 0.3 is 0 Å². The molecule has 1 aliphatic rings. The summed E-state index contributed by atoms with van der Waals surface area (Å²) in [7, 11) is 0. The van der Waals surface area contributed by atoms with Gasteiger partial charge in [0.1, 0.15) is 16.8 Å². The summed E-state index contributed by atoms with van der Waals surface area (Å²) < 4.78 is 5.51. The van der Waals surface area contributed by atoms with Gasteiger partial charge in [0.05, 0.1) is 23.4 Å². The molecule has 0 unspecified atom stereocenters. The maximum Gasteiger partial charge on any atom is 0.230 e. The topological polar surface area (TPSA) is 75.0 Å². The molecule has 0 bridgehead atoms. The largest absolute Gasteiger partial charge is 0.494 e. The first-order valence-electron chi connectivity index (χ1n) is 9.50. The molecule has 1 saturated carbocycles. The highest BCUT2D eigenvalue weighted by atomic mass is 32.2. The molecular weight excluding hydrogens is 358 g/mol. The zero-order valence-electron chi connectivity index (χ0n) is 15.8. The molecule has 1 N–H and O–H groups in total. The lowest BCUT2D eigenvalue weighted by atomic mass is 9.86. The Hall–Kier alpha value is -2.26. The Balaban J connectivity index is 1.69. The first kappa shape index (κ1) is 19.5. The van der Waals surface area contributed by atoms with Gasteiger partial charge in [0.25, 0.3) is 0 Å². The third-order valence-electron chi connectivity index (χ3n) is 4.98. The smallest absolute Gasteiger partial charge is 0.230 e. The minimum atomic E-state index is 0.0104. The standard InChI is InChI=1S/C21H25N3O2S/c1-3-26-17-8-9-19-15(11-17)10-16(12-22)21(24-19)27-13-20(25)23-18-7-5-4-6-14(18)2/h8-11,14,18H,3-7,13H2,1-2H3,(H,23,25)/t14-,18+/m0/s1. The molecule has 1 heterocycles. The van der Waals surface area contributed by atoms with E-state index in [0.29, 0.717) is 23.1 Å². The molecule has 27 heavy (non-hydrogen) atoms. The Morgan fingerprint density at radius 3 is 2.93 bits per heavy atom. The number of nitrogens with zero attached hydrogens (tertiary/aromatic N) is 2. The summed E-state index contributed by atoms with van der Waals surface area (Å²) in [5, 5.41) is 14.1. The van der Waals surface area contributed by atoms with E-state index in [2.05, 4.69) is 23.3 Å². The van der Waals surface area contributed by atoms with Crippen LogP contribution in [0.2, 0.25) is 0 Å². The number of ether oxygens (including phenoxy) is 1.